The summed E-state index contributed by atoms with van der Waals surface area (Å²) >= 11 is 1.16. The van der Waals surface area contributed by atoms with Crippen molar-refractivity contribution in [2.75, 3.05) is 32.1 Å². The molecule has 1 atom stereocenters. The third-order valence-electron chi connectivity index (χ3n) is 4.61. The molecule has 8 nitrogen and oxygen atoms in total. The van der Waals surface area contributed by atoms with Crippen LogP contribution in [0.3, 0.4) is 0 Å². The number of amides is 2. The number of ether oxygens (including phenoxy) is 1. The molecule has 2 aromatic heterocycles. The summed E-state index contributed by atoms with van der Waals surface area (Å²) in [6, 6.07) is 4.88. The Hall–Kier alpha value is -2.65. The SMILES string of the molecule is COCC1(C(=O)O)CCN(C(=O)c2sc(NC(=O)c3ccco3)cc2C)C1. The monoisotopic (exact) mass is 392 g/mol. The van der Waals surface area contributed by atoms with Crippen LogP contribution in [0.5, 0.6) is 0 Å². The molecule has 27 heavy (non-hydrogen) atoms. The Morgan fingerprint density at radius 1 is 1.44 bits per heavy atom. The van der Waals surface area contributed by atoms with Gasteiger partial charge in [0.05, 0.1) is 22.7 Å². The minimum atomic E-state index is -1.08. The van der Waals surface area contributed by atoms with Crippen LogP contribution < -0.4 is 5.32 Å². The Bertz CT molecular complexity index is 859. The van der Waals surface area contributed by atoms with Gasteiger partial charge in [0.1, 0.15) is 5.41 Å². The molecule has 2 amide bonds. The van der Waals surface area contributed by atoms with E-state index in [4.69, 9.17) is 9.15 Å². The molecule has 2 aromatic rings. The molecular weight excluding hydrogens is 372 g/mol. The summed E-state index contributed by atoms with van der Waals surface area (Å²) in [5.74, 6) is -1.42. The standard InChI is InChI=1S/C18H20N2O6S/c1-11-8-13(19-15(21)12-4-3-7-26-12)27-14(11)16(22)20-6-5-18(9-20,10-25-2)17(23)24/h3-4,7-8H,5-6,9-10H2,1-2H3,(H,19,21)(H,23,24). The molecule has 9 heteroatoms. The van der Waals surface area contributed by atoms with Crippen molar-refractivity contribution in [3.63, 3.8) is 0 Å². The van der Waals surface area contributed by atoms with Gasteiger partial charge in [0.15, 0.2) is 5.76 Å². The summed E-state index contributed by atoms with van der Waals surface area (Å²) in [6.45, 7) is 2.28. The summed E-state index contributed by atoms with van der Waals surface area (Å²) in [5, 5.41) is 12.8. The van der Waals surface area contributed by atoms with Gasteiger partial charge in [-0.3, -0.25) is 14.4 Å². The molecule has 1 aliphatic heterocycles. The van der Waals surface area contributed by atoms with Gasteiger partial charge >= 0.3 is 5.97 Å². The minimum Gasteiger partial charge on any atom is -0.481 e. The van der Waals surface area contributed by atoms with Gasteiger partial charge in [-0.15, -0.1) is 11.3 Å². The molecule has 0 aliphatic carbocycles. The highest BCUT2D eigenvalue weighted by Gasteiger charge is 2.46. The number of thiophene rings is 1. The Labute approximate surface area is 159 Å². The average molecular weight is 392 g/mol. The van der Waals surface area contributed by atoms with Crippen molar-refractivity contribution in [2.24, 2.45) is 5.41 Å². The van der Waals surface area contributed by atoms with Crippen molar-refractivity contribution >= 4 is 34.1 Å². The number of furan rings is 1. The lowest BCUT2D eigenvalue weighted by atomic mass is 9.88. The van der Waals surface area contributed by atoms with Crippen LogP contribution in [0.2, 0.25) is 0 Å². The highest BCUT2D eigenvalue weighted by molar-refractivity contribution is 7.18. The van der Waals surface area contributed by atoms with E-state index < -0.39 is 17.3 Å². The summed E-state index contributed by atoms with van der Waals surface area (Å²) in [7, 11) is 1.45. The number of nitrogens with one attached hydrogen (secondary N) is 1. The molecule has 1 aliphatic rings. The highest BCUT2D eigenvalue weighted by atomic mass is 32.1. The minimum absolute atomic E-state index is 0.0555. The zero-order chi connectivity index (χ0) is 19.6. The number of carboxylic acids is 1. The number of nitrogens with zero attached hydrogens (tertiary/aromatic N) is 1. The lowest BCUT2D eigenvalue weighted by molar-refractivity contribution is -0.151. The van der Waals surface area contributed by atoms with Gasteiger partial charge in [-0.2, -0.15) is 0 Å². The summed E-state index contributed by atoms with van der Waals surface area (Å²) in [5.41, 5.74) is -0.356. The van der Waals surface area contributed by atoms with E-state index >= 15 is 0 Å². The van der Waals surface area contributed by atoms with Crippen LogP contribution in [0.25, 0.3) is 0 Å². The first-order valence-corrected chi connectivity index (χ1v) is 9.15. The molecule has 1 saturated heterocycles. The third-order valence-corrected chi connectivity index (χ3v) is 5.75. The summed E-state index contributed by atoms with van der Waals surface area (Å²) in [6.07, 6.45) is 1.75. The van der Waals surface area contributed by atoms with Crippen molar-refractivity contribution in [1.82, 2.24) is 4.90 Å². The van der Waals surface area contributed by atoms with Gasteiger partial charge in [0.2, 0.25) is 0 Å². The molecule has 3 rings (SSSR count). The van der Waals surface area contributed by atoms with Crippen molar-refractivity contribution in [2.45, 2.75) is 13.3 Å². The van der Waals surface area contributed by atoms with E-state index in [-0.39, 0.29) is 24.8 Å². The van der Waals surface area contributed by atoms with Crippen molar-refractivity contribution in [3.8, 4) is 0 Å². The van der Waals surface area contributed by atoms with E-state index in [1.165, 1.54) is 18.3 Å². The molecule has 0 saturated carbocycles. The quantitative estimate of drug-likeness (QED) is 0.782. The fraction of sp³-hybridized carbons (Fsp3) is 0.389. The smallest absolute Gasteiger partial charge is 0.313 e. The molecule has 0 radical (unpaired) electrons. The van der Waals surface area contributed by atoms with Crippen LogP contribution in [-0.4, -0.2) is 54.6 Å². The molecular formula is C18H20N2O6S. The van der Waals surface area contributed by atoms with E-state index in [2.05, 4.69) is 5.32 Å². The number of carbonyl (C=O) groups excluding carboxylic acids is 2. The Morgan fingerprint density at radius 3 is 2.85 bits per heavy atom. The van der Waals surface area contributed by atoms with E-state index in [0.29, 0.717) is 22.8 Å². The first-order valence-electron chi connectivity index (χ1n) is 8.33. The maximum atomic E-state index is 12.9. The van der Waals surface area contributed by atoms with Crippen LogP contribution in [0.15, 0.2) is 28.9 Å². The maximum absolute atomic E-state index is 12.9. The third kappa shape index (κ3) is 3.74. The summed E-state index contributed by atoms with van der Waals surface area (Å²) < 4.78 is 10.1. The van der Waals surface area contributed by atoms with Gasteiger partial charge < -0.3 is 24.5 Å². The van der Waals surface area contributed by atoms with Crippen LogP contribution in [0.1, 0.15) is 32.2 Å². The molecule has 0 bridgehead atoms. The van der Waals surface area contributed by atoms with Gasteiger partial charge in [0.25, 0.3) is 11.8 Å². The number of aliphatic carboxylic acids is 1. The number of anilines is 1. The van der Waals surface area contributed by atoms with Crippen LogP contribution in [0, 0.1) is 12.3 Å². The number of carboxylic acid groups (broad SMARTS) is 1. The number of rotatable bonds is 6. The zero-order valence-corrected chi connectivity index (χ0v) is 15.8. The lowest BCUT2D eigenvalue weighted by Crippen LogP contribution is -2.40. The highest BCUT2D eigenvalue weighted by Crippen LogP contribution is 2.35. The Morgan fingerprint density at radius 2 is 2.22 bits per heavy atom. The molecule has 2 N–H and O–H groups in total. The van der Waals surface area contributed by atoms with Crippen molar-refractivity contribution in [3.05, 3.63) is 40.7 Å². The Kier molecular flexibility index (Phi) is 5.33. The topological polar surface area (TPSA) is 109 Å². The first-order chi connectivity index (χ1) is 12.9. The average Bonchev–Trinajstić information content (AvgIpc) is 3.34. The molecule has 0 aromatic carbocycles. The molecule has 1 unspecified atom stereocenters. The van der Waals surface area contributed by atoms with Gasteiger partial charge in [0, 0.05) is 20.2 Å². The predicted octanol–water partition coefficient (Wildman–Crippen LogP) is 2.47. The van der Waals surface area contributed by atoms with E-state index in [1.807, 2.05) is 0 Å². The second-order valence-electron chi connectivity index (χ2n) is 6.55. The van der Waals surface area contributed by atoms with E-state index in [0.717, 1.165) is 16.9 Å². The van der Waals surface area contributed by atoms with Crippen LogP contribution >= 0.6 is 11.3 Å². The van der Waals surface area contributed by atoms with E-state index in [1.54, 1.807) is 25.1 Å². The largest absolute Gasteiger partial charge is 0.481 e. The number of hydrogen-bond acceptors (Lipinski definition) is 6. The Balaban J connectivity index is 1.73. The molecule has 3 heterocycles. The summed E-state index contributed by atoms with van der Waals surface area (Å²) in [4.78, 5) is 38.6. The lowest BCUT2D eigenvalue weighted by Gasteiger charge is -2.23. The first kappa shape index (κ1) is 19.1. The van der Waals surface area contributed by atoms with Crippen molar-refractivity contribution in [1.29, 1.82) is 0 Å². The van der Waals surface area contributed by atoms with Gasteiger partial charge in [-0.25, -0.2) is 0 Å². The van der Waals surface area contributed by atoms with Crippen LogP contribution in [0.4, 0.5) is 5.00 Å². The van der Waals surface area contributed by atoms with Gasteiger partial charge in [-0.1, -0.05) is 0 Å². The number of methoxy groups -OCH3 is 1. The molecule has 1 fully saturated rings. The van der Waals surface area contributed by atoms with Gasteiger partial charge in [-0.05, 0) is 37.1 Å². The second-order valence-corrected chi connectivity index (χ2v) is 7.60. The molecule has 0 spiro atoms. The normalized spacial score (nSPS) is 19.3. The maximum Gasteiger partial charge on any atom is 0.313 e. The number of hydrogen-bond donors (Lipinski definition) is 2. The van der Waals surface area contributed by atoms with E-state index in [9.17, 15) is 19.5 Å². The molecule has 144 valence electrons. The zero-order valence-electron chi connectivity index (χ0n) is 15.0. The number of carbonyl (C=O) groups is 3. The number of aryl methyl sites for hydroxylation is 1. The second kappa shape index (κ2) is 7.53. The fourth-order valence-corrected chi connectivity index (χ4v) is 4.19. The predicted molar refractivity (Wildman–Crippen MR) is 98.2 cm³/mol. The fourth-order valence-electron chi connectivity index (χ4n) is 3.16. The van der Waals surface area contributed by atoms with Crippen molar-refractivity contribution < 1.29 is 28.6 Å². The van der Waals surface area contributed by atoms with Crippen LogP contribution in [-0.2, 0) is 9.53 Å². The number of likely N-dealkylation sites (tertiary alicyclic amines) is 1.